The van der Waals surface area contributed by atoms with Crippen LogP contribution in [0, 0.1) is 5.82 Å². The smallest absolute Gasteiger partial charge is 0.239 e. The quantitative estimate of drug-likeness (QED) is 0.536. The summed E-state index contributed by atoms with van der Waals surface area (Å²) < 4.78 is 19.4. The molecule has 3 heterocycles. The Bertz CT molecular complexity index is 473. The van der Waals surface area contributed by atoms with Crippen molar-refractivity contribution in [3.8, 4) is 0 Å². The summed E-state index contributed by atoms with van der Waals surface area (Å²) in [6, 6.07) is 0.565. The first-order chi connectivity index (χ1) is 9.76. The lowest BCUT2D eigenvalue weighted by Gasteiger charge is -2.35. The van der Waals surface area contributed by atoms with Crippen molar-refractivity contribution in [2.75, 3.05) is 37.0 Å². The lowest BCUT2D eigenvalue weighted by molar-refractivity contribution is -0.0416. The maximum absolute atomic E-state index is 13.6. The first-order valence-corrected chi connectivity index (χ1v) is 6.85. The summed E-state index contributed by atoms with van der Waals surface area (Å²) in [5.74, 6) is 5.03. The normalized spacial score (nSPS) is 26.3. The zero-order valence-corrected chi connectivity index (χ0v) is 11.2. The van der Waals surface area contributed by atoms with Gasteiger partial charge in [-0.05, 0) is 19.4 Å². The number of ether oxygens (including phenoxy) is 1. The molecule has 0 bridgehead atoms. The number of hydrazine groups is 1. The van der Waals surface area contributed by atoms with Gasteiger partial charge in [-0.15, -0.1) is 0 Å². The molecule has 4 N–H and O–H groups in total. The van der Waals surface area contributed by atoms with Crippen molar-refractivity contribution in [1.82, 2.24) is 14.9 Å². The predicted molar refractivity (Wildman–Crippen MR) is 72.6 cm³/mol. The van der Waals surface area contributed by atoms with Crippen LogP contribution in [0.2, 0.25) is 0 Å². The molecule has 0 saturated carbocycles. The maximum Gasteiger partial charge on any atom is 0.239 e. The minimum Gasteiger partial charge on any atom is -0.373 e. The van der Waals surface area contributed by atoms with Crippen LogP contribution in [0.3, 0.4) is 0 Å². The molecule has 20 heavy (non-hydrogen) atoms. The van der Waals surface area contributed by atoms with Gasteiger partial charge in [0.2, 0.25) is 5.95 Å². The molecular weight excluding hydrogens is 263 g/mol. The van der Waals surface area contributed by atoms with Crippen LogP contribution < -0.4 is 16.6 Å². The van der Waals surface area contributed by atoms with Crippen LogP contribution in [0.15, 0.2) is 6.20 Å². The summed E-state index contributed by atoms with van der Waals surface area (Å²) in [6.07, 6.45) is 3.59. The zero-order valence-electron chi connectivity index (χ0n) is 11.2. The van der Waals surface area contributed by atoms with Gasteiger partial charge in [-0.2, -0.15) is 4.98 Å². The highest BCUT2D eigenvalue weighted by Gasteiger charge is 2.32. The van der Waals surface area contributed by atoms with E-state index in [4.69, 9.17) is 10.6 Å². The van der Waals surface area contributed by atoms with E-state index in [1.165, 1.54) is 12.8 Å². The number of halogens is 1. The van der Waals surface area contributed by atoms with E-state index in [1.54, 1.807) is 0 Å². The van der Waals surface area contributed by atoms with Gasteiger partial charge in [-0.3, -0.25) is 10.3 Å². The van der Waals surface area contributed by atoms with Crippen molar-refractivity contribution < 1.29 is 9.13 Å². The first kappa shape index (κ1) is 13.5. The molecule has 1 aromatic rings. The van der Waals surface area contributed by atoms with E-state index in [2.05, 4.69) is 25.6 Å². The number of nitrogens with zero attached hydrogens (tertiary/aromatic N) is 3. The standard InChI is InChI=1S/C12H19FN6O/c13-10-5-16-12(18-14)17-11(10)15-4-9-6-19-3-1-2-8(19)7-20-9/h5,8-9H,1-4,6-7,14H2,(H2,15,16,17,18). The summed E-state index contributed by atoms with van der Waals surface area (Å²) in [5, 5.41) is 2.96. The first-order valence-electron chi connectivity index (χ1n) is 6.85. The van der Waals surface area contributed by atoms with Gasteiger partial charge in [0.15, 0.2) is 11.6 Å². The van der Waals surface area contributed by atoms with E-state index < -0.39 is 5.82 Å². The van der Waals surface area contributed by atoms with Crippen molar-refractivity contribution in [3.05, 3.63) is 12.0 Å². The maximum atomic E-state index is 13.6. The van der Waals surface area contributed by atoms with Gasteiger partial charge in [0.25, 0.3) is 0 Å². The lowest BCUT2D eigenvalue weighted by Crippen LogP contribution is -2.48. The monoisotopic (exact) mass is 282 g/mol. The molecule has 2 aliphatic heterocycles. The summed E-state index contributed by atoms with van der Waals surface area (Å²) in [6.45, 7) is 3.29. The molecule has 2 unspecified atom stereocenters. The van der Waals surface area contributed by atoms with Gasteiger partial charge in [0, 0.05) is 19.1 Å². The predicted octanol–water partition coefficient (Wildman–Crippen LogP) is 0.176. The second-order valence-corrected chi connectivity index (χ2v) is 5.16. The number of nitrogen functional groups attached to an aromatic ring is 1. The fraction of sp³-hybridized carbons (Fsp3) is 0.667. The molecule has 1 aromatic heterocycles. The molecule has 110 valence electrons. The Hall–Kier alpha value is -1.51. The molecular formula is C12H19FN6O. The second-order valence-electron chi connectivity index (χ2n) is 5.16. The van der Waals surface area contributed by atoms with Crippen LogP contribution in [0.25, 0.3) is 0 Å². The SMILES string of the molecule is NNc1ncc(F)c(NCC2CN3CCCC3CO2)n1. The molecule has 0 aliphatic carbocycles. The molecule has 0 amide bonds. The number of hydrogen-bond acceptors (Lipinski definition) is 7. The Morgan fingerprint density at radius 1 is 1.55 bits per heavy atom. The third kappa shape index (κ3) is 2.82. The molecule has 7 nitrogen and oxygen atoms in total. The van der Waals surface area contributed by atoms with Crippen molar-refractivity contribution in [1.29, 1.82) is 0 Å². The molecule has 0 radical (unpaired) electrons. The highest BCUT2D eigenvalue weighted by Crippen LogP contribution is 2.22. The van der Waals surface area contributed by atoms with E-state index in [1.807, 2.05) is 0 Å². The highest BCUT2D eigenvalue weighted by molar-refractivity contribution is 5.40. The van der Waals surface area contributed by atoms with Gasteiger partial charge in [0.1, 0.15) is 0 Å². The van der Waals surface area contributed by atoms with Crippen LogP contribution in [-0.4, -0.2) is 53.3 Å². The van der Waals surface area contributed by atoms with E-state index in [-0.39, 0.29) is 17.9 Å². The number of aromatic nitrogens is 2. The minimum absolute atomic E-state index is 0.0491. The van der Waals surface area contributed by atoms with Crippen LogP contribution >= 0.6 is 0 Å². The Labute approximate surface area is 116 Å². The van der Waals surface area contributed by atoms with Gasteiger partial charge >= 0.3 is 0 Å². The largest absolute Gasteiger partial charge is 0.373 e. The molecule has 2 atom stereocenters. The van der Waals surface area contributed by atoms with E-state index in [0.29, 0.717) is 12.6 Å². The third-order valence-corrected chi connectivity index (χ3v) is 3.83. The Morgan fingerprint density at radius 3 is 3.30 bits per heavy atom. The molecule has 2 saturated heterocycles. The highest BCUT2D eigenvalue weighted by atomic mass is 19.1. The number of nitrogens with one attached hydrogen (secondary N) is 2. The second kappa shape index (κ2) is 5.86. The lowest BCUT2D eigenvalue weighted by atomic mass is 10.2. The summed E-state index contributed by atoms with van der Waals surface area (Å²) >= 11 is 0. The van der Waals surface area contributed by atoms with E-state index in [9.17, 15) is 4.39 Å². The fourth-order valence-corrected chi connectivity index (χ4v) is 2.78. The van der Waals surface area contributed by atoms with Crippen LogP contribution in [-0.2, 0) is 4.74 Å². The van der Waals surface area contributed by atoms with Crippen molar-refractivity contribution in [2.24, 2.45) is 5.84 Å². The number of rotatable bonds is 4. The molecule has 2 aliphatic rings. The summed E-state index contributed by atoms with van der Waals surface area (Å²) in [5.41, 5.74) is 2.29. The average Bonchev–Trinajstić information content (AvgIpc) is 2.94. The van der Waals surface area contributed by atoms with Crippen molar-refractivity contribution >= 4 is 11.8 Å². The number of hydrogen-bond donors (Lipinski definition) is 3. The van der Waals surface area contributed by atoms with Crippen LogP contribution in [0.4, 0.5) is 16.2 Å². The third-order valence-electron chi connectivity index (χ3n) is 3.83. The zero-order chi connectivity index (χ0) is 13.9. The van der Waals surface area contributed by atoms with Crippen LogP contribution in [0.1, 0.15) is 12.8 Å². The number of anilines is 2. The number of morpholine rings is 1. The summed E-state index contributed by atoms with van der Waals surface area (Å²) in [7, 11) is 0. The molecule has 2 fully saturated rings. The molecule has 8 heteroatoms. The van der Waals surface area contributed by atoms with Gasteiger partial charge in [-0.25, -0.2) is 15.2 Å². The number of fused-ring (bicyclic) bond motifs is 1. The van der Waals surface area contributed by atoms with E-state index >= 15 is 0 Å². The molecule has 0 spiro atoms. The van der Waals surface area contributed by atoms with Crippen molar-refractivity contribution in [2.45, 2.75) is 25.0 Å². The van der Waals surface area contributed by atoms with Crippen molar-refractivity contribution in [3.63, 3.8) is 0 Å². The minimum atomic E-state index is -0.501. The van der Waals surface area contributed by atoms with Gasteiger partial charge in [-0.1, -0.05) is 0 Å². The molecule has 0 aromatic carbocycles. The summed E-state index contributed by atoms with van der Waals surface area (Å²) in [4.78, 5) is 10.1. The topological polar surface area (TPSA) is 88.3 Å². The Morgan fingerprint density at radius 2 is 2.45 bits per heavy atom. The molecule has 3 rings (SSSR count). The van der Waals surface area contributed by atoms with E-state index in [0.717, 1.165) is 25.9 Å². The van der Waals surface area contributed by atoms with Crippen LogP contribution in [0.5, 0.6) is 0 Å². The Kier molecular flexibility index (Phi) is 3.95. The fourth-order valence-electron chi connectivity index (χ4n) is 2.78. The number of nitrogens with two attached hydrogens (primary N) is 1. The Balaban J connectivity index is 1.56. The van der Waals surface area contributed by atoms with Gasteiger partial charge in [0.05, 0.1) is 18.9 Å². The average molecular weight is 282 g/mol. The van der Waals surface area contributed by atoms with Gasteiger partial charge < -0.3 is 10.1 Å².